The van der Waals surface area contributed by atoms with E-state index in [9.17, 15) is 4.79 Å². The SMILES string of the molecule is CCOc1ccc(-c2cc(C(=O)N3CCN(c4cccc(OC)c4)CC3)[nH]n2)cc1. The van der Waals surface area contributed by atoms with Gasteiger partial charge in [0.05, 0.1) is 19.4 Å². The highest BCUT2D eigenvalue weighted by Crippen LogP contribution is 2.24. The van der Waals surface area contributed by atoms with Crippen molar-refractivity contribution in [3.05, 3.63) is 60.3 Å². The van der Waals surface area contributed by atoms with Crippen molar-refractivity contribution in [1.82, 2.24) is 15.1 Å². The van der Waals surface area contributed by atoms with E-state index in [-0.39, 0.29) is 5.91 Å². The third-order valence-corrected chi connectivity index (χ3v) is 5.25. The highest BCUT2D eigenvalue weighted by atomic mass is 16.5. The third kappa shape index (κ3) is 4.25. The Bertz CT molecular complexity index is 992. The van der Waals surface area contributed by atoms with E-state index in [0.29, 0.717) is 25.4 Å². The van der Waals surface area contributed by atoms with Gasteiger partial charge in [-0.1, -0.05) is 6.07 Å². The summed E-state index contributed by atoms with van der Waals surface area (Å²) in [6.07, 6.45) is 0. The number of anilines is 1. The van der Waals surface area contributed by atoms with Crippen LogP contribution in [0.15, 0.2) is 54.6 Å². The molecule has 0 unspecified atom stereocenters. The number of nitrogens with zero attached hydrogens (tertiary/aromatic N) is 3. The van der Waals surface area contributed by atoms with Crippen molar-refractivity contribution in [2.24, 2.45) is 0 Å². The van der Waals surface area contributed by atoms with Crippen LogP contribution in [0, 0.1) is 0 Å². The Morgan fingerprint density at radius 2 is 1.80 bits per heavy atom. The number of piperazine rings is 1. The van der Waals surface area contributed by atoms with Gasteiger partial charge in [-0.25, -0.2) is 0 Å². The molecule has 156 valence electrons. The molecule has 2 aromatic carbocycles. The summed E-state index contributed by atoms with van der Waals surface area (Å²) in [6.45, 7) is 5.46. The molecular weight excluding hydrogens is 380 g/mol. The van der Waals surface area contributed by atoms with E-state index in [0.717, 1.165) is 41.5 Å². The molecule has 4 rings (SSSR count). The van der Waals surface area contributed by atoms with Gasteiger partial charge in [0.25, 0.3) is 5.91 Å². The fraction of sp³-hybridized carbons (Fsp3) is 0.304. The predicted octanol–water partition coefficient (Wildman–Crippen LogP) is 3.45. The first-order valence-corrected chi connectivity index (χ1v) is 10.1. The summed E-state index contributed by atoms with van der Waals surface area (Å²) in [5.74, 6) is 1.64. The Hall–Kier alpha value is -3.48. The molecule has 2 heterocycles. The van der Waals surface area contributed by atoms with Crippen molar-refractivity contribution < 1.29 is 14.3 Å². The van der Waals surface area contributed by atoms with Crippen molar-refractivity contribution in [2.45, 2.75) is 6.92 Å². The van der Waals surface area contributed by atoms with E-state index in [1.807, 2.05) is 60.4 Å². The Balaban J connectivity index is 1.38. The zero-order chi connectivity index (χ0) is 20.9. The number of carbonyl (C=O) groups is 1. The molecule has 0 atom stereocenters. The number of carbonyl (C=O) groups excluding carboxylic acids is 1. The van der Waals surface area contributed by atoms with Crippen LogP contribution in [-0.4, -0.2) is 60.9 Å². The number of hydrogen-bond acceptors (Lipinski definition) is 5. The Kier molecular flexibility index (Phi) is 5.88. The van der Waals surface area contributed by atoms with Crippen LogP contribution in [0.25, 0.3) is 11.3 Å². The Morgan fingerprint density at radius 3 is 2.50 bits per heavy atom. The third-order valence-electron chi connectivity index (χ3n) is 5.25. The molecule has 7 heteroatoms. The number of nitrogens with one attached hydrogen (secondary N) is 1. The lowest BCUT2D eigenvalue weighted by Crippen LogP contribution is -2.48. The molecule has 0 aliphatic carbocycles. The fourth-order valence-electron chi connectivity index (χ4n) is 3.61. The van der Waals surface area contributed by atoms with Crippen LogP contribution in [0.4, 0.5) is 5.69 Å². The molecule has 3 aromatic rings. The van der Waals surface area contributed by atoms with Gasteiger partial charge < -0.3 is 19.3 Å². The first-order chi connectivity index (χ1) is 14.7. The maximum absolute atomic E-state index is 12.9. The van der Waals surface area contributed by atoms with E-state index in [4.69, 9.17) is 9.47 Å². The van der Waals surface area contributed by atoms with E-state index in [1.54, 1.807) is 7.11 Å². The topological polar surface area (TPSA) is 70.7 Å². The number of aromatic nitrogens is 2. The van der Waals surface area contributed by atoms with Crippen LogP contribution < -0.4 is 14.4 Å². The summed E-state index contributed by atoms with van der Waals surface area (Å²) in [5, 5.41) is 7.22. The van der Waals surface area contributed by atoms with E-state index in [2.05, 4.69) is 21.2 Å². The summed E-state index contributed by atoms with van der Waals surface area (Å²) in [4.78, 5) is 17.1. The molecule has 0 spiro atoms. The molecule has 30 heavy (non-hydrogen) atoms. The lowest BCUT2D eigenvalue weighted by atomic mass is 10.1. The average Bonchev–Trinajstić information content (AvgIpc) is 3.30. The van der Waals surface area contributed by atoms with Gasteiger partial charge >= 0.3 is 0 Å². The molecule has 1 aliphatic heterocycles. The maximum atomic E-state index is 12.9. The van der Waals surface area contributed by atoms with Crippen molar-refractivity contribution >= 4 is 11.6 Å². The minimum absolute atomic E-state index is 0.0232. The number of rotatable bonds is 6. The van der Waals surface area contributed by atoms with Gasteiger partial charge in [-0.3, -0.25) is 9.89 Å². The minimum Gasteiger partial charge on any atom is -0.497 e. The maximum Gasteiger partial charge on any atom is 0.272 e. The zero-order valence-electron chi connectivity index (χ0n) is 17.3. The van der Waals surface area contributed by atoms with Gasteiger partial charge in [-0.2, -0.15) is 5.10 Å². The molecule has 1 aliphatic rings. The quantitative estimate of drug-likeness (QED) is 0.679. The van der Waals surface area contributed by atoms with Crippen LogP contribution >= 0.6 is 0 Å². The Morgan fingerprint density at radius 1 is 1.03 bits per heavy atom. The van der Waals surface area contributed by atoms with Crippen LogP contribution in [0.1, 0.15) is 17.4 Å². The molecule has 0 bridgehead atoms. The molecule has 1 amide bonds. The van der Waals surface area contributed by atoms with E-state index < -0.39 is 0 Å². The number of hydrogen-bond donors (Lipinski definition) is 1. The first kappa shape index (κ1) is 19.8. The van der Waals surface area contributed by atoms with Crippen molar-refractivity contribution in [2.75, 3.05) is 44.8 Å². The molecule has 1 N–H and O–H groups in total. The number of amides is 1. The second-order valence-corrected chi connectivity index (χ2v) is 7.10. The molecule has 1 aromatic heterocycles. The van der Waals surface area contributed by atoms with Crippen LogP contribution in [0.5, 0.6) is 11.5 Å². The van der Waals surface area contributed by atoms with Crippen molar-refractivity contribution in [3.63, 3.8) is 0 Å². The number of H-pyrrole nitrogens is 1. The normalized spacial score (nSPS) is 13.9. The minimum atomic E-state index is -0.0232. The molecule has 0 radical (unpaired) electrons. The summed E-state index contributed by atoms with van der Waals surface area (Å²) < 4.78 is 10.8. The Labute approximate surface area is 176 Å². The van der Waals surface area contributed by atoms with E-state index in [1.165, 1.54) is 0 Å². The zero-order valence-corrected chi connectivity index (χ0v) is 17.3. The highest BCUT2D eigenvalue weighted by molar-refractivity contribution is 5.93. The first-order valence-electron chi connectivity index (χ1n) is 10.1. The molecule has 0 saturated carbocycles. The van der Waals surface area contributed by atoms with Gasteiger partial charge in [0.2, 0.25) is 0 Å². The summed E-state index contributed by atoms with van der Waals surface area (Å²) >= 11 is 0. The summed E-state index contributed by atoms with van der Waals surface area (Å²) in [5.41, 5.74) is 3.31. The summed E-state index contributed by atoms with van der Waals surface area (Å²) in [6, 6.07) is 17.5. The smallest absolute Gasteiger partial charge is 0.272 e. The molecule has 1 saturated heterocycles. The van der Waals surface area contributed by atoms with Crippen LogP contribution in [0.3, 0.4) is 0 Å². The van der Waals surface area contributed by atoms with Gasteiger partial charge in [-0.05, 0) is 49.4 Å². The van der Waals surface area contributed by atoms with Crippen molar-refractivity contribution in [3.8, 4) is 22.8 Å². The molecule has 1 fully saturated rings. The van der Waals surface area contributed by atoms with Crippen LogP contribution in [0.2, 0.25) is 0 Å². The average molecular weight is 406 g/mol. The molecular formula is C23H26N4O3. The lowest BCUT2D eigenvalue weighted by Gasteiger charge is -2.36. The fourth-order valence-corrected chi connectivity index (χ4v) is 3.61. The second kappa shape index (κ2) is 8.90. The monoisotopic (exact) mass is 406 g/mol. The number of ether oxygens (including phenoxy) is 2. The second-order valence-electron chi connectivity index (χ2n) is 7.10. The van der Waals surface area contributed by atoms with Gasteiger partial charge in [-0.15, -0.1) is 0 Å². The van der Waals surface area contributed by atoms with Gasteiger partial charge in [0, 0.05) is 43.5 Å². The van der Waals surface area contributed by atoms with Gasteiger partial charge in [0.1, 0.15) is 17.2 Å². The lowest BCUT2D eigenvalue weighted by molar-refractivity contribution is 0.0741. The predicted molar refractivity (Wildman–Crippen MR) is 116 cm³/mol. The number of methoxy groups -OCH3 is 1. The highest BCUT2D eigenvalue weighted by Gasteiger charge is 2.24. The van der Waals surface area contributed by atoms with E-state index >= 15 is 0 Å². The molecule has 7 nitrogen and oxygen atoms in total. The van der Waals surface area contributed by atoms with Gasteiger partial charge in [0.15, 0.2) is 0 Å². The number of aromatic amines is 1. The standard InChI is InChI=1S/C23H26N4O3/c1-3-30-19-9-7-17(8-10-19)21-16-22(25-24-21)23(28)27-13-11-26(12-14-27)18-5-4-6-20(15-18)29-2/h4-10,15-16H,3,11-14H2,1-2H3,(H,24,25). The van der Waals surface area contributed by atoms with Crippen molar-refractivity contribution in [1.29, 1.82) is 0 Å². The summed E-state index contributed by atoms with van der Waals surface area (Å²) in [7, 11) is 1.67. The largest absolute Gasteiger partial charge is 0.497 e. The van der Waals surface area contributed by atoms with Crippen LogP contribution in [-0.2, 0) is 0 Å². The number of benzene rings is 2.